The van der Waals surface area contributed by atoms with Gasteiger partial charge in [-0.15, -0.1) is 0 Å². The lowest BCUT2D eigenvalue weighted by atomic mass is 9.76. The van der Waals surface area contributed by atoms with Crippen LogP contribution in [0.3, 0.4) is 0 Å². The van der Waals surface area contributed by atoms with Gasteiger partial charge in [-0.25, -0.2) is 0 Å². The highest BCUT2D eigenvalue weighted by Gasteiger charge is 2.66. The van der Waals surface area contributed by atoms with Crippen LogP contribution in [0.1, 0.15) is 75.8 Å². The SMILES string of the molecule is Cc1cc2c(n1C1C(C)(C)C1(C)C)CC(C)(C)CC2=O. The molecule has 20 heavy (non-hydrogen) atoms. The second-order valence-corrected chi connectivity index (χ2v) is 8.80. The van der Waals surface area contributed by atoms with Crippen LogP contribution in [-0.4, -0.2) is 10.4 Å². The summed E-state index contributed by atoms with van der Waals surface area (Å²) in [5, 5.41) is 0. The Balaban J connectivity index is 2.14. The fourth-order valence-corrected chi connectivity index (χ4v) is 4.34. The van der Waals surface area contributed by atoms with Crippen molar-refractivity contribution in [2.24, 2.45) is 16.2 Å². The average Bonchev–Trinajstić information content (AvgIpc) is 2.53. The summed E-state index contributed by atoms with van der Waals surface area (Å²) in [5.74, 6) is 0.328. The number of fused-ring (bicyclic) bond motifs is 1. The summed E-state index contributed by atoms with van der Waals surface area (Å²) >= 11 is 0. The quantitative estimate of drug-likeness (QED) is 0.735. The Morgan fingerprint density at radius 3 is 2.10 bits per heavy atom. The lowest BCUT2D eigenvalue weighted by molar-refractivity contribution is 0.0909. The van der Waals surface area contributed by atoms with Gasteiger partial charge in [0.1, 0.15) is 0 Å². The molecule has 1 heterocycles. The normalized spacial score (nSPS) is 26.4. The molecule has 0 aliphatic heterocycles. The van der Waals surface area contributed by atoms with Gasteiger partial charge in [-0.1, -0.05) is 41.5 Å². The molecule has 1 aromatic heterocycles. The minimum Gasteiger partial charge on any atom is -0.344 e. The first-order valence-corrected chi connectivity index (χ1v) is 7.73. The second kappa shape index (κ2) is 3.58. The van der Waals surface area contributed by atoms with E-state index in [0.717, 1.165) is 12.0 Å². The van der Waals surface area contributed by atoms with Gasteiger partial charge in [0, 0.05) is 29.4 Å². The Morgan fingerprint density at radius 2 is 1.60 bits per heavy atom. The molecule has 2 aliphatic rings. The van der Waals surface area contributed by atoms with E-state index in [1.165, 1.54) is 11.4 Å². The predicted octanol–water partition coefficient (Wildman–Crippen LogP) is 4.56. The van der Waals surface area contributed by atoms with E-state index in [1.807, 2.05) is 0 Å². The molecule has 1 fully saturated rings. The first-order valence-electron chi connectivity index (χ1n) is 7.73. The number of rotatable bonds is 1. The Kier molecular flexibility index (Phi) is 2.49. The maximum absolute atomic E-state index is 12.4. The van der Waals surface area contributed by atoms with Crippen LogP contribution < -0.4 is 0 Å². The van der Waals surface area contributed by atoms with Crippen LogP contribution in [-0.2, 0) is 6.42 Å². The number of hydrogen-bond donors (Lipinski definition) is 0. The van der Waals surface area contributed by atoms with E-state index in [-0.39, 0.29) is 5.41 Å². The molecular formula is C18H27NO. The molecule has 0 saturated heterocycles. The summed E-state index contributed by atoms with van der Waals surface area (Å²) in [6, 6.07) is 2.64. The van der Waals surface area contributed by atoms with E-state index in [0.29, 0.717) is 29.1 Å². The molecule has 0 unspecified atom stereocenters. The molecule has 0 amide bonds. The van der Waals surface area contributed by atoms with Gasteiger partial charge in [0.15, 0.2) is 5.78 Å². The molecule has 0 bridgehead atoms. The molecule has 0 N–H and O–H groups in total. The molecule has 0 atom stereocenters. The van der Waals surface area contributed by atoms with Crippen LogP contribution >= 0.6 is 0 Å². The molecule has 0 aromatic carbocycles. The first kappa shape index (κ1) is 13.9. The van der Waals surface area contributed by atoms with E-state index in [4.69, 9.17) is 0 Å². The summed E-state index contributed by atoms with van der Waals surface area (Å²) in [7, 11) is 0. The van der Waals surface area contributed by atoms with Gasteiger partial charge in [0.25, 0.3) is 0 Å². The number of nitrogens with zero attached hydrogens (tertiary/aromatic N) is 1. The fourth-order valence-electron chi connectivity index (χ4n) is 4.34. The van der Waals surface area contributed by atoms with E-state index >= 15 is 0 Å². The lowest BCUT2D eigenvalue weighted by Gasteiger charge is -2.30. The third kappa shape index (κ3) is 1.60. The number of carbonyl (C=O) groups is 1. The number of Topliss-reactive ketones (excluding diaryl/α,β-unsaturated/α-hetero) is 1. The van der Waals surface area contributed by atoms with Crippen LogP contribution in [0.5, 0.6) is 0 Å². The fraction of sp³-hybridized carbons (Fsp3) is 0.722. The molecule has 1 saturated carbocycles. The Bertz CT molecular complexity index is 587. The average molecular weight is 273 g/mol. The van der Waals surface area contributed by atoms with Gasteiger partial charge >= 0.3 is 0 Å². The standard InChI is InChI=1S/C18H27NO/c1-11-8-12-13(9-16(2,3)10-14(12)20)19(11)15-17(4,5)18(15,6)7/h8,15H,9-10H2,1-7H3. The van der Waals surface area contributed by atoms with E-state index in [2.05, 4.69) is 59.1 Å². The summed E-state index contributed by atoms with van der Waals surface area (Å²) in [5.41, 5.74) is 4.22. The van der Waals surface area contributed by atoms with Crippen molar-refractivity contribution >= 4 is 5.78 Å². The van der Waals surface area contributed by atoms with Gasteiger partial charge in [0.2, 0.25) is 0 Å². The van der Waals surface area contributed by atoms with Crippen LogP contribution in [0.15, 0.2) is 6.07 Å². The summed E-state index contributed by atoms with van der Waals surface area (Å²) in [6.07, 6.45) is 1.70. The Hall–Kier alpha value is -1.05. The van der Waals surface area contributed by atoms with Crippen molar-refractivity contribution in [3.63, 3.8) is 0 Å². The van der Waals surface area contributed by atoms with Gasteiger partial charge in [0.05, 0.1) is 0 Å². The third-order valence-corrected chi connectivity index (χ3v) is 6.12. The molecular weight excluding hydrogens is 246 g/mol. The molecule has 1 aromatic rings. The van der Waals surface area contributed by atoms with Crippen molar-refractivity contribution in [2.45, 2.75) is 67.3 Å². The van der Waals surface area contributed by atoms with Gasteiger partial charge in [-0.3, -0.25) is 4.79 Å². The summed E-state index contributed by atoms with van der Waals surface area (Å²) < 4.78 is 2.48. The molecule has 110 valence electrons. The van der Waals surface area contributed by atoms with Gasteiger partial charge < -0.3 is 4.57 Å². The van der Waals surface area contributed by atoms with Crippen LogP contribution in [0, 0.1) is 23.2 Å². The topological polar surface area (TPSA) is 22.0 Å². The Morgan fingerprint density at radius 1 is 1.05 bits per heavy atom. The van der Waals surface area contributed by atoms with E-state index in [1.54, 1.807) is 0 Å². The number of ketones is 1. The molecule has 2 heteroatoms. The highest BCUT2D eigenvalue weighted by Crippen LogP contribution is 2.72. The smallest absolute Gasteiger partial charge is 0.165 e. The maximum Gasteiger partial charge on any atom is 0.165 e. The minimum absolute atomic E-state index is 0.0931. The zero-order valence-electron chi connectivity index (χ0n) is 13.9. The van der Waals surface area contributed by atoms with E-state index in [9.17, 15) is 4.79 Å². The van der Waals surface area contributed by atoms with Gasteiger partial charge in [-0.2, -0.15) is 0 Å². The minimum atomic E-state index is 0.0931. The van der Waals surface area contributed by atoms with Crippen LogP contribution in [0.25, 0.3) is 0 Å². The van der Waals surface area contributed by atoms with Crippen molar-refractivity contribution in [3.8, 4) is 0 Å². The third-order valence-electron chi connectivity index (χ3n) is 6.12. The van der Waals surface area contributed by atoms with Crippen molar-refractivity contribution in [1.82, 2.24) is 4.57 Å². The summed E-state index contributed by atoms with van der Waals surface area (Å²) in [6.45, 7) is 16.0. The molecule has 2 aliphatic carbocycles. The second-order valence-electron chi connectivity index (χ2n) is 8.80. The predicted molar refractivity (Wildman–Crippen MR) is 82.2 cm³/mol. The van der Waals surface area contributed by atoms with Crippen molar-refractivity contribution in [3.05, 3.63) is 23.0 Å². The Labute approximate surface area is 122 Å². The molecule has 3 rings (SSSR count). The highest BCUT2D eigenvalue weighted by atomic mass is 16.1. The number of aromatic nitrogens is 1. The zero-order valence-corrected chi connectivity index (χ0v) is 13.9. The monoisotopic (exact) mass is 273 g/mol. The summed E-state index contributed by atoms with van der Waals surface area (Å²) in [4.78, 5) is 12.4. The number of aryl methyl sites for hydroxylation is 1. The first-order chi connectivity index (χ1) is 8.99. The van der Waals surface area contributed by atoms with Gasteiger partial charge in [-0.05, 0) is 35.7 Å². The van der Waals surface area contributed by atoms with Crippen molar-refractivity contribution in [2.75, 3.05) is 0 Å². The molecule has 0 spiro atoms. The number of carbonyl (C=O) groups excluding carboxylic acids is 1. The largest absolute Gasteiger partial charge is 0.344 e. The molecule has 0 radical (unpaired) electrons. The van der Waals surface area contributed by atoms with Crippen LogP contribution in [0.4, 0.5) is 0 Å². The zero-order chi connectivity index (χ0) is 15.1. The van der Waals surface area contributed by atoms with Crippen molar-refractivity contribution in [1.29, 1.82) is 0 Å². The molecule has 2 nitrogen and oxygen atoms in total. The van der Waals surface area contributed by atoms with Crippen LogP contribution in [0.2, 0.25) is 0 Å². The number of hydrogen-bond acceptors (Lipinski definition) is 1. The lowest BCUT2D eigenvalue weighted by Crippen LogP contribution is -2.28. The van der Waals surface area contributed by atoms with E-state index < -0.39 is 0 Å². The maximum atomic E-state index is 12.4. The van der Waals surface area contributed by atoms with Crippen molar-refractivity contribution < 1.29 is 4.79 Å². The highest BCUT2D eigenvalue weighted by molar-refractivity contribution is 5.99.